The normalized spacial score (nSPS) is 20.4. The number of carbonyl (C=O) groups is 1. The molecule has 2 heterocycles. The molecule has 2 rings (SSSR count). The van der Waals surface area contributed by atoms with Crippen LogP contribution in [0.5, 0.6) is 0 Å². The van der Waals surface area contributed by atoms with Crippen LogP contribution in [0.1, 0.15) is 47.2 Å². The number of carbonyl (C=O) groups excluding carboxylic acids is 1. The number of hydrogen-bond acceptors (Lipinski definition) is 3. The van der Waals surface area contributed by atoms with Gasteiger partial charge in [0.05, 0.1) is 4.88 Å². The fourth-order valence-electron chi connectivity index (χ4n) is 2.62. The van der Waals surface area contributed by atoms with E-state index in [2.05, 4.69) is 17.1 Å². The van der Waals surface area contributed by atoms with Crippen LogP contribution in [0.2, 0.25) is 0 Å². The summed E-state index contributed by atoms with van der Waals surface area (Å²) in [5, 5.41) is 3.01. The average molecular weight is 280 g/mol. The Bertz CT molecular complexity index is 416. The molecular weight excluding hydrogens is 256 g/mol. The van der Waals surface area contributed by atoms with Gasteiger partial charge in [0, 0.05) is 24.0 Å². The Kier molecular flexibility index (Phi) is 5.40. The molecule has 0 aliphatic carbocycles. The molecule has 1 N–H and O–H groups in total. The monoisotopic (exact) mass is 280 g/mol. The van der Waals surface area contributed by atoms with Crippen LogP contribution in [0.15, 0.2) is 12.1 Å². The lowest BCUT2D eigenvalue weighted by Crippen LogP contribution is -2.39. The van der Waals surface area contributed by atoms with Gasteiger partial charge in [0.25, 0.3) is 5.91 Å². The molecule has 1 fully saturated rings. The van der Waals surface area contributed by atoms with Crippen LogP contribution < -0.4 is 5.32 Å². The summed E-state index contributed by atoms with van der Waals surface area (Å²) in [6, 6.07) is 4.61. The molecule has 1 saturated heterocycles. The Labute approximate surface area is 120 Å². The van der Waals surface area contributed by atoms with Crippen molar-refractivity contribution in [2.24, 2.45) is 0 Å². The maximum Gasteiger partial charge on any atom is 0.261 e. The molecule has 3 nitrogen and oxygen atoms in total. The van der Waals surface area contributed by atoms with Crippen molar-refractivity contribution in [1.29, 1.82) is 0 Å². The summed E-state index contributed by atoms with van der Waals surface area (Å²) in [7, 11) is 0. The van der Waals surface area contributed by atoms with Gasteiger partial charge < -0.3 is 10.2 Å². The summed E-state index contributed by atoms with van der Waals surface area (Å²) in [5.41, 5.74) is 0. The highest BCUT2D eigenvalue weighted by atomic mass is 32.1. The molecule has 1 atom stereocenters. The third-order valence-corrected chi connectivity index (χ3v) is 4.81. The van der Waals surface area contributed by atoms with Crippen molar-refractivity contribution in [2.75, 3.05) is 19.6 Å². The summed E-state index contributed by atoms with van der Waals surface area (Å²) >= 11 is 1.56. The minimum atomic E-state index is 0.0739. The molecule has 1 aliphatic rings. The van der Waals surface area contributed by atoms with Gasteiger partial charge in [-0.25, -0.2) is 0 Å². The van der Waals surface area contributed by atoms with Crippen molar-refractivity contribution in [2.45, 2.75) is 45.6 Å². The standard InChI is InChI=1S/C15H24N2OS/c1-12-6-3-4-10-17(12)11-5-9-16-15(18)14-8-7-13(2)19-14/h7-8,12H,3-6,9-11H2,1-2H3,(H,16,18). The van der Waals surface area contributed by atoms with Crippen LogP contribution >= 0.6 is 11.3 Å². The van der Waals surface area contributed by atoms with E-state index >= 15 is 0 Å². The van der Waals surface area contributed by atoms with Gasteiger partial charge in [-0.05, 0) is 51.8 Å². The van der Waals surface area contributed by atoms with Crippen LogP contribution in [-0.2, 0) is 0 Å². The van der Waals surface area contributed by atoms with E-state index in [4.69, 9.17) is 0 Å². The second-order valence-electron chi connectivity index (χ2n) is 5.40. The van der Waals surface area contributed by atoms with Crippen molar-refractivity contribution in [3.63, 3.8) is 0 Å². The summed E-state index contributed by atoms with van der Waals surface area (Å²) in [6.45, 7) is 7.44. The first-order valence-electron chi connectivity index (χ1n) is 7.25. The van der Waals surface area contributed by atoms with Crippen molar-refractivity contribution in [3.8, 4) is 0 Å². The SMILES string of the molecule is Cc1ccc(C(=O)NCCCN2CCCCC2C)s1. The molecule has 1 aromatic heterocycles. The van der Waals surface area contributed by atoms with Gasteiger partial charge >= 0.3 is 0 Å². The maximum atomic E-state index is 11.9. The Morgan fingerprint density at radius 3 is 3.00 bits per heavy atom. The van der Waals surface area contributed by atoms with Gasteiger partial charge in [0.15, 0.2) is 0 Å². The molecule has 4 heteroatoms. The van der Waals surface area contributed by atoms with Crippen LogP contribution in [0.4, 0.5) is 0 Å². The predicted octanol–water partition coefficient (Wildman–Crippen LogP) is 3.05. The highest BCUT2D eigenvalue weighted by Gasteiger charge is 2.17. The first-order chi connectivity index (χ1) is 9.16. The van der Waals surface area contributed by atoms with Crippen molar-refractivity contribution < 1.29 is 4.79 Å². The topological polar surface area (TPSA) is 32.3 Å². The molecule has 0 bridgehead atoms. The largest absolute Gasteiger partial charge is 0.351 e. The maximum absolute atomic E-state index is 11.9. The van der Waals surface area contributed by atoms with E-state index in [-0.39, 0.29) is 5.91 Å². The third kappa shape index (κ3) is 4.32. The van der Waals surface area contributed by atoms with Gasteiger partial charge in [0.2, 0.25) is 0 Å². The molecule has 0 aromatic carbocycles. The zero-order chi connectivity index (χ0) is 13.7. The number of hydrogen-bond donors (Lipinski definition) is 1. The van der Waals surface area contributed by atoms with E-state index in [1.807, 2.05) is 19.1 Å². The number of rotatable bonds is 5. The second kappa shape index (κ2) is 7.06. The molecule has 106 valence electrons. The van der Waals surface area contributed by atoms with Gasteiger partial charge in [0.1, 0.15) is 0 Å². The fourth-order valence-corrected chi connectivity index (χ4v) is 3.40. The number of nitrogens with one attached hydrogen (secondary N) is 1. The summed E-state index contributed by atoms with van der Waals surface area (Å²) < 4.78 is 0. The predicted molar refractivity (Wildman–Crippen MR) is 80.9 cm³/mol. The van der Waals surface area contributed by atoms with Crippen molar-refractivity contribution in [1.82, 2.24) is 10.2 Å². The molecular formula is C15H24N2OS. The van der Waals surface area contributed by atoms with Gasteiger partial charge in [-0.2, -0.15) is 0 Å². The number of amides is 1. The highest BCUT2D eigenvalue weighted by Crippen LogP contribution is 2.16. The lowest BCUT2D eigenvalue weighted by Gasteiger charge is -2.33. The van der Waals surface area contributed by atoms with E-state index in [9.17, 15) is 4.79 Å². The molecule has 1 aromatic rings. The molecule has 1 amide bonds. The first-order valence-corrected chi connectivity index (χ1v) is 8.07. The number of thiophene rings is 1. The van der Waals surface area contributed by atoms with Crippen LogP contribution in [0.3, 0.4) is 0 Å². The third-order valence-electron chi connectivity index (χ3n) is 3.81. The smallest absolute Gasteiger partial charge is 0.261 e. The zero-order valence-electron chi connectivity index (χ0n) is 11.9. The molecule has 1 aliphatic heterocycles. The molecule has 0 radical (unpaired) electrons. The van der Waals surface area contributed by atoms with E-state index in [0.717, 1.165) is 24.4 Å². The summed E-state index contributed by atoms with van der Waals surface area (Å²) in [6.07, 6.45) is 5.05. The van der Waals surface area contributed by atoms with E-state index < -0.39 is 0 Å². The zero-order valence-corrected chi connectivity index (χ0v) is 12.8. The quantitative estimate of drug-likeness (QED) is 0.841. The number of nitrogens with zero attached hydrogens (tertiary/aromatic N) is 1. The molecule has 19 heavy (non-hydrogen) atoms. The van der Waals surface area contributed by atoms with E-state index in [0.29, 0.717) is 6.04 Å². The Morgan fingerprint density at radius 1 is 1.47 bits per heavy atom. The summed E-state index contributed by atoms with van der Waals surface area (Å²) in [4.78, 5) is 16.4. The van der Waals surface area contributed by atoms with E-state index in [1.165, 1.54) is 30.7 Å². The van der Waals surface area contributed by atoms with E-state index in [1.54, 1.807) is 11.3 Å². The number of likely N-dealkylation sites (tertiary alicyclic amines) is 1. The lowest BCUT2D eigenvalue weighted by atomic mass is 10.0. The number of aryl methyl sites for hydroxylation is 1. The fraction of sp³-hybridized carbons (Fsp3) is 0.667. The van der Waals surface area contributed by atoms with Crippen molar-refractivity contribution in [3.05, 3.63) is 21.9 Å². The molecule has 0 spiro atoms. The Balaban J connectivity index is 1.65. The molecule has 1 unspecified atom stereocenters. The first kappa shape index (κ1) is 14.5. The van der Waals surface area contributed by atoms with Gasteiger partial charge in [-0.15, -0.1) is 11.3 Å². The van der Waals surface area contributed by atoms with Gasteiger partial charge in [-0.1, -0.05) is 6.42 Å². The highest BCUT2D eigenvalue weighted by molar-refractivity contribution is 7.13. The second-order valence-corrected chi connectivity index (χ2v) is 6.69. The number of piperidine rings is 1. The van der Waals surface area contributed by atoms with Gasteiger partial charge in [-0.3, -0.25) is 4.79 Å². The molecule has 0 saturated carbocycles. The Morgan fingerprint density at radius 2 is 2.32 bits per heavy atom. The van der Waals surface area contributed by atoms with Crippen LogP contribution in [-0.4, -0.2) is 36.5 Å². The average Bonchev–Trinajstić information content (AvgIpc) is 2.83. The van der Waals surface area contributed by atoms with Crippen LogP contribution in [0.25, 0.3) is 0 Å². The Hall–Kier alpha value is -0.870. The van der Waals surface area contributed by atoms with Crippen molar-refractivity contribution >= 4 is 17.2 Å². The lowest BCUT2D eigenvalue weighted by molar-refractivity contribution is 0.0953. The minimum absolute atomic E-state index is 0.0739. The minimum Gasteiger partial charge on any atom is -0.351 e. The summed E-state index contributed by atoms with van der Waals surface area (Å²) in [5.74, 6) is 0.0739. The van der Waals surface area contributed by atoms with Crippen LogP contribution in [0, 0.1) is 6.92 Å².